The molecule has 9 heteroatoms. The molecule has 2 aromatic rings. The molecule has 0 saturated carbocycles. The van der Waals surface area contributed by atoms with Crippen molar-refractivity contribution in [3.63, 3.8) is 0 Å². The van der Waals surface area contributed by atoms with Gasteiger partial charge in [-0.1, -0.05) is 6.07 Å². The molecule has 2 aliphatic heterocycles. The molecule has 9 nitrogen and oxygen atoms in total. The maximum Gasteiger partial charge on any atom is 0.277 e. The van der Waals surface area contributed by atoms with E-state index in [0.717, 1.165) is 63.7 Å². The monoisotopic (exact) mass is 457 g/mol. The van der Waals surface area contributed by atoms with E-state index in [9.17, 15) is 9.90 Å². The van der Waals surface area contributed by atoms with Gasteiger partial charge in [0.05, 0.1) is 25.9 Å². The lowest BCUT2D eigenvalue weighted by Gasteiger charge is -2.36. The molecule has 33 heavy (non-hydrogen) atoms. The van der Waals surface area contributed by atoms with Crippen molar-refractivity contribution in [1.29, 1.82) is 0 Å². The van der Waals surface area contributed by atoms with Crippen LogP contribution in [-0.4, -0.2) is 102 Å². The molecular weight excluding hydrogens is 422 g/mol. The van der Waals surface area contributed by atoms with Gasteiger partial charge < -0.3 is 19.6 Å². The highest BCUT2D eigenvalue weighted by Gasteiger charge is 2.23. The molecule has 1 aromatic carbocycles. The first-order valence-electron chi connectivity index (χ1n) is 11.7. The van der Waals surface area contributed by atoms with Gasteiger partial charge in [0.15, 0.2) is 5.69 Å². The van der Waals surface area contributed by atoms with Crippen LogP contribution < -0.4 is 5.32 Å². The van der Waals surface area contributed by atoms with Gasteiger partial charge in [-0.3, -0.25) is 19.5 Å². The summed E-state index contributed by atoms with van der Waals surface area (Å²) in [6, 6.07) is 5.82. The quantitative estimate of drug-likeness (QED) is 0.614. The summed E-state index contributed by atoms with van der Waals surface area (Å²) in [5.41, 5.74) is 3.34. The topological polar surface area (TPSA) is 94.3 Å². The van der Waals surface area contributed by atoms with Gasteiger partial charge in [-0.15, -0.1) is 0 Å². The first kappa shape index (κ1) is 23.8. The maximum atomic E-state index is 12.5. The first-order valence-corrected chi connectivity index (χ1v) is 11.7. The summed E-state index contributed by atoms with van der Waals surface area (Å²) >= 11 is 0. The van der Waals surface area contributed by atoms with Crippen molar-refractivity contribution in [3.8, 4) is 0 Å². The molecule has 2 N–H and O–H groups in total. The standard InChI is InChI=1S/C24H35N5O4/c1-18-3-4-20(13-19(18)2)25-24(31)22-17-33-23(26-22)16-28-7-5-27(6-8-28)14-21(30)15-29-9-11-32-12-10-29/h3-4,13,17,21,30H,5-12,14-16H2,1-2H3,(H,25,31)/t21-/m1/s1. The second kappa shape index (κ2) is 11.2. The Morgan fingerprint density at radius 2 is 1.70 bits per heavy atom. The van der Waals surface area contributed by atoms with Gasteiger partial charge in [0.1, 0.15) is 6.26 Å². The molecule has 0 aliphatic carbocycles. The van der Waals surface area contributed by atoms with Gasteiger partial charge in [0.2, 0.25) is 5.89 Å². The highest BCUT2D eigenvalue weighted by Crippen LogP contribution is 2.16. The van der Waals surface area contributed by atoms with E-state index >= 15 is 0 Å². The Morgan fingerprint density at radius 1 is 1.03 bits per heavy atom. The summed E-state index contributed by atoms with van der Waals surface area (Å²) < 4.78 is 10.9. The molecular formula is C24H35N5O4. The SMILES string of the molecule is Cc1ccc(NC(=O)c2coc(CN3CCN(C[C@@H](O)CN4CCOCC4)CC3)n2)cc1C. The van der Waals surface area contributed by atoms with Crippen LogP contribution in [0.2, 0.25) is 0 Å². The third kappa shape index (κ3) is 6.84. The van der Waals surface area contributed by atoms with Crippen LogP contribution in [0, 0.1) is 13.8 Å². The fourth-order valence-corrected chi connectivity index (χ4v) is 4.26. The van der Waals surface area contributed by atoms with E-state index in [1.54, 1.807) is 0 Å². The molecule has 1 atom stereocenters. The summed E-state index contributed by atoms with van der Waals surface area (Å²) in [4.78, 5) is 23.7. The summed E-state index contributed by atoms with van der Waals surface area (Å²) in [6.07, 6.45) is 1.07. The predicted octanol–water partition coefficient (Wildman–Crippen LogP) is 1.35. The second-order valence-corrected chi connectivity index (χ2v) is 9.02. The number of oxazole rings is 1. The van der Waals surface area contributed by atoms with Gasteiger partial charge in [0, 0.05) is 58.0 Å². The van der Waals surface area contributed by atoms with Gasteiger partial charge >= 0.3 is 0 Å². The number of piperazine rings is 1. The number of β-amino-alcohol motifs (C(OH)–C–C–N with tert-alkyl or cyclic N) is 1. The third-order valence-electron chi connectivity index (χ3n) is 6.41. The van der Waals surface area contributed by atoms with Gasteiger partial charge in [-0.05, 0) is 37.1 Å². The molecule has 4 rings (SSSR count). The minimum Gasteiger partial charge on any atom is -0.447 e. The lowest BCUT2D eigenvalue weighted by atomic mass is 10.1. The maximum absolute atomic E-state index is 12.5. The Kier molecular flexibility index (Phi) is 8.11. The third-order valence-corrected chi connectivity index (χ3v) is 6.41. The Bertz CT molecular complexity index is 919. The Hall–Kier alpha value is -2.30. The summed E-state index contributed by atoms with van der Waals surface area (Å²) in [6.45, 7) is 12.8. The molecule has 0 unspecified atom stereocenters. The number of hydrogen-bond donors (Lipinski definition) is 2. The molecule has 180 valence electrons. The van der Waals surface area contributed by atoms with E-state index in [2.05, 4.69) is 25.0 Å². The number of aliphatic hydroxyl groups excluding tert-OH is 1. The number of morpholine rings is 1. The lowest BCUT2D eigenvalue weighted by Crippen LogP contribution is -2.50. The molecule has 3 heterocycles. The van der Waals surface area contributed by atoms with Crippen LogP contribution in [0.15, 0.2) is 28.9 Å². The molecule has 0 radical (unpaired) electrons. The number of aromatic nitrogens is 1. The van der Waals surface area contributed by atoms with Crippen LogP contribution in [0.25, 0.3) is 0 Å². The Balaban J connectivity index is 1.20. The number of aryl methyl sites for hydroxylation is 2. The van der Waals surface area contributed by atoms with Crippen LogP contribution in [0.4, 0.5) is 5.69 Å². The van der Waals surface area contributed by atoms with E-state index in [1.807, 2.05) is 32.0 Å². The zero-order chi connectivity index (χ0) is 23.2. The number of nitrogens with zero attached hydrogens (tertiary/aromatic N) is 4. The zero-order valence-electron chi connectivity index (χ0n) is 19.6. The average molecular weight is 458 g/mol. The van der Waals surface area contributed by atoms with E-state index in [0.29, 0.717) is 25.5 Å². The number of nitrogens with one attached hydrogen (secondary N) is 1. The Morgan fingerprint density at radius 3 is 2.39 bits per heavy atom. The van der Waals surface area contributed by atoms with Crippen molar-refractivity contribution in [3.05, 3.63) is 47.2 Å². The van der Waals surface area contributed by atoms with Gasteiger partial charge in [-0.2, -0.15) is 0 Å². The van der Waals surface area contributed by atoms with Crippen molar-refractivity contribution in [2.24, 2.45) is 0 Å². The van der Waals surface area contributed by atoms with Crippen molar-refractivity contribution in [1.82, 2.24) is 19.7 Å². The normalized spacial score (nSPS) is 19.5. The zero-order valence-corrected chi connectivity index (χ0v) is 19.6. The van der Waals surface area contributed by atoms with E-state index in [-0.39, 0.29) is 17.7 Å². The average Bonchev–Trinajstić information content (AvgIpc) is 3.27. The smallest absolute Gasteiger partial charge is 0.277 e. The summed E-state index contributed by atoms with van der Waals surface area (Å²) in [5.74, 6) is 0.272. The number of carbonyl (C=O) groups excluding carboxylic acids is 1. The van der Waals surface area contributed by atoms with Gasteiger partial charge in [0.25, 0.3) is 5.91 Å². The van der Waals surface area contributed by atoms with Crippen molar-refractivity contribution < 1.29 is 19.1 Å². The van der Waals surface area contributed by atoms with Crippen molar-refractivity contribution in [2.75, 3.05) is 70.9 Å². The van der Waals surface area contributed by atoms with Crippen LogP contribution in [0.5, 0.6) is 0 Å². The minimum atomic E-state index is -0.347. The molecule has 2 saturated heterocycles. The highest BCUT2D eigenvalue weighted by atomic mass is 16.5. The number of rotatable bonds is 8. The summed E-state index contributed by atoms with van der Waals surface area (Å²) in [5, 5.41) is 13.3. The summed E-state index contributed by atoms with van der Waals surface area (Å²) in [7, 11) is 0. The molecule has 2 aliphatic rings. The number of aliphatic hydroxyl groups is 1. The van der Waals surface area contributed by atoms with Crippen LogP contribution in [0.1, 0.15) is 27.5 Å². The van der Waals surface area contributed by atoms with Crippen LogP contribution in [-0.2, 0) is 11.3 Å². The lowest BCUT2D eigenvalue weighted by molar-refractivity contribution is 0.00187. The highest BCUT2D eigenvalue weighted by molar-refractivity contribution is 6.02. The molecule has 0 spiro atoms. The van der Waals surface area contributed by atoms with E-state index < -0.39 is 0 Å². The fraction of sp³-hybridized carbons (Fsp3) is 0.583. The van der Waals surface area contributed by atoms with Crippen molar-refractivity contribution in [2.45, 2.75) is 26.5 Å². The second-order valence-electron chi connectivity index (χ2n) is 9.02. The van der Waals surface area contributed by atoms with E-state index in [4.69, 9.17) is 9.15 Å². The number of ether oxygens (including phenoxy) is 1. The number of hydrogen-bond acceptors (Lipinski definition) is 8. The molecule has 0 bridgehead atoms. The van der Waals surface area contributed by atoms with Crippen molar-refractivity contribution >= 4 is 11.6 Å². The largest absolute Gasteiger partial charge is 0.447 e. The Labute approximate surface area is 195 Å². The number of anilines is 1. The predicted molar refractivity (Wildman–Crippen MR) is 125 cm³/mol. The van der Waals surface area contributed by atoms with Gasteiger partial charge in [-0.25, -0.2) is 4.98 Å². The minimum absolute atomic E-state index is 0.271. The van der Waals surface area contributed by atoms with Crippen LogP contribution >= 0.6 is 0 Å². The number of benzene rings is 1. The first-order chi connectivity index (χ1) is 16.0. The molecule has 2 fully saturated rings. The van der Waals surface area contributed by atoms with E-state index in [1.165, 1.54) is 11.8 Å². The number of amides is 1. The fourth-order valence-electron chi connectivity index (χ4n) is 4.26. The molecule has 1 aromatic heterocycles. The van der Waals surface area contributed by atoms with Crippen LogP contribution in [0.3, 0.4) is 0 Å². The number of carbonyl (C=O) groups is 1. The molecule has 1 amide bonds.